The minimum Gasteiger partial charge on any atom is -0.348 e. The van der Waals surface area contributed by atoms with E-state index < -0.39 is 15.7 Å². The third-order valence-electron chi connectivity index (χ3n) is 4.54. The molecule has 2 N–H and O–H groups in total. The highest BCUT2D eigenvalue weighted by Crippen LogP contribution is 2.39. The maximum Gasteiger partial charge on any atom is 0.277 e. The third kappa shape index (κ3) is 3.38. The number of aromatic nitrogens is 2. The van der Waals surface area contributed by atoms with Gasteiger partial charge in [0.25, 0.3) is 11.8 Å². The third-order valence-corrected chi connectivity index (χ3v) is 8.02. The molecule has 4 rings (SSSR count). The molecule has 0 bridgehead atoms. The van der Waals surface area contributed by atoms with E-state index in [1.165, 1.54) is 11.3 Å². The van der Waals surface area contributed by atoms with Crippen molar-refractivity contribution in [1.29, 1.82) is 0 Å². The van der Waals surface area contributed by atoms with E-state index in [0.717, 1.165) is 41.2 Å². The van der Waals surface area contributed by atoms with Gasteiger partial charge in [0, 0.05) is 16.3 Å². The Hall–Kier alpha value is -1.85. The molecule has 0 saturated carbocycles. The Bertz CT molecular complexity index is 965. The normalized spacial score (nSPS) is 20.7. The maximum atomic E-state index is 12.8. The smallest absolute Gasteiger partial charge is 0.277 e. The lowest BCUT2D eigenvalue weighted by molar-refractivity contribution is 0.0941. The van der Waals surface area contributed by atoms with Crippen molar-refractivity contribution in [3.05, 3.63) is 27.1 Å². The summed E-state index contributed by atoms with van der Waals surface area (Å²) in [5.74, 6) is -0.661. The van der Waals surface area contributed by atoms with Crippen molar-refractivity contribution in [1.82, 2.24) is 14.9 Å². The van der Waals surface area contributed by atoms with E-state index in [9.17, 15) is 18.0 Å². The van der Waals surface area contributed by atoms with Crippen molar-refractivity contribution >= 4 is 49.5 Å². The van der Waals surface area contributed by atoms with Crippen LogP contribution in [0.4, 0.5) is 5.00 Å². The van der Waals surface area contributed by atoms with Crippen LogP contribution in [-0.4, -0.2) is 47.4 Å². The summed E-state index contributed by atoms with van der Waals surface area (Å²) in [7, 11) is -3.08. The number of sulfone groups is 1. The predicted octanol–water partition coefficient (Wildman–Crippen LogP) is 1.26. The number of thiophene rings is 1. The van der Waals surface area contributed by atoms with Gasteiger partial charge >= 0.3 is 0 Å². The lowest BCUT2D eigenvalue weighted by Gasteiger charge is -2.13. The van der Waals surface area contributed by atoms with Crippen LogP contribution < -0.4 is 10.6 Å². The van der Waals surface area contributed by atoms with E-state index in [1.54, 1.807) is 5.38 Å². The summed E-state index contributed by atoms with van der Waals surface area (Å²) >= 11 is 2.48. The average molecular weight is 413 g/mol. The predicted molar refractivity (Wildman–Crippen MR) is 98.7 cm³/mol. The van der Waals surface area contributed by atoms with Crippen molar-refractivity contribution in [3.63, 3.8) is 0 Å². The van der Waals surface area contributed by atoms with E-state index in [2.05, 4.69) is 20.2 Å². The molecule has 138 valence electrons. The van der Waals surface area contributed by atoms with Crippen LogP contribution in [0.15, 0.2) is 5.38 Å². The lowest BCUT2D eigenvalue weighted by Crippen LogP contribution is -2.36. The molecule has 8 nitrogen and oxygen atoms in total. The van der Waals surface area contributed by atoms with Crippen molar-refractivity contribution in [2.45, 2.75) is 31.7 Å². The molecule has 11 heteroatoms. The Kier molecular flexibility index (Phi) is 4.53. The zero-order valence-electron chi connectivity index (χ0n) is 13.6. The zero-order chi connectivity index (χ0) is 18.3. The number of fused-ring (bicyclic) bond motifs is 1. The molecule has 0 aromatic carbocycles. The molecule has 0 spiro atoms. The minimum atomic E-state index is -3.08. The van der Waals surface area contributed by atoms with Crippen LogP contribution in [-0.2, 0) is 22.7 Å². The molecular weight excluding hydrogens is 396 g/mol. The van der Waals surface area contributed by atoms with Gasteiger partial charge in [0.15, 0.2) is 15.5 Å². The molecule has 3 heterocycles. The van der Waals surface area contributed by atoms with Gasteiger partial charge in [-0.25, -0.2) is 8.42 Å². The summed E-state index contributed by atoms with van der Waals surface area (Å²) < 4.78 is 26.9. The molecule has 1 atom stereocenters. The van der Waals surface area contributed by atoms with Crippen LogP contribution in [0.1, 0.15) is 44.1 Å². The van der Waals surface area contributed by atoms with Gasteiger partial charge in [-0.15, -0.1) is 16.4 Å². The molecule has 1 fully saturated rings. The van der Waals surface area contributed by atoms with Crippen LogP contribution in [0.25, 0.3) is 0 Å². The fraction of sp³-hybridized carbons (Fsp3) is 0.467. The molecule has 2 aromatic rings. The number of hydrogen-bond acceptors (Lipinski definition) is 8. The summed E-state index contributed by atoms with van der Waals surface area (Å²) in [6.45, 7) is 0. The summed E-state index contributed by atoms with van der Waals surface area (Å²) in [5, 5.41) is 11.4. The number of carbonyl (C=O) groups excluding carboxylic acids is 2. The molecule has 26 heavy (non-hydrogen) atoms. The second-order valence-electron chi connectivity index (χ2n) is 6.38. The number of hydrogen-bond donors (Lipinski definition) is 2. The van der Waals surface area contributed by atoms with Crippen LogP contribution in [0.3, 0.4) is 0 Å². The highest BCUT2D eigenvalue weighted by molar-refractivity contribution is 7.91. The fourth-order valence-electron chi connectivity index (χ4n) is 3.33. The zero-order valence-corrected chi connectivity index (χ0v) is 16.1. The van der Waals surface area contributed by atoms with Crippen molar-refractivity contribution in [2.75, 3.05) is 16.8 Å². The van der Waals surface area contributed by atoms with Crippen molar-refractivity contribution in [3.8, 4) is 0 Å². The molecule has 1 saturated heterocycles. The topological polar surface area (TPSA) is 118 Å². The molecule has 2 aliphatic rings. The molecule has 1 aliphatic carbocycles. The Morgan fingerprint density at radius 3 is 2.77 bits per heavy atom. The van der Waals surface area contributed by atoms with Gasteiger partial charge in [0.05, 0.1) is 17.1 Å². The minimum absolute atomic E-state index is 0.0305. The molecule has 0 radical (unpaired) electrons. The summed E-state index contributed by atoms with van der Waals surface area (Å²) in [5.41, 5.74) is 1.63. The van der Waals surface area contributed by atoms with Gasteiger partial charge in [-0.3, -0.25) is 9.59 Å². The lowest BCUT2D eigenvalue weighted by atomic mass is 10.1. The quantitative estimate of drug-likeness (QED) is 0.780. The van der Waals surface area contributed by atoms with Gasteiger partial charge in [-0.2, -0.15) is 0 Å². The van der Waals surface area contributed by atoms with Crippen LogP contribution in [0.2, 0.25) is 0 Å². The number of amides is 2. The SMILES string of the molecule is O=C(Nc1sc2c(c1C(=O)N[C@@H]1CCS(=O)(=O)C1)CCC2)c1csnn1. The molecule has 0 unspecified atom stereocenters. The summed E-state index contributed by atoms with van der Waals surface area (Å²) in [4.78, 5) is 26.2. The Morgan fingerprint density at radius 2 is 2.08 bits per heavy atom. The number of aryl methyl sites for hydroxylation is 1. The number of nitrogens with one attached hydrogen (secondary N) is 2. The van der Waals surface area contributed by atoms with Gasteiger partial charge < -0.3 is 10.6 Å². The summed E-state index contributed by atoms with van der Waals surface area (Å²) in [6, 6.07) is -0.379. The number of rotatable bonds is 4. The van der Waals surface area contributed by atoms with Gasteiger partial charge in [-0.1, -0.05) is 4.49 Å². The van der Waals surface area contributed by atoms with E-state index in [0.29, 0.717) is 17.0 Å². The number of nitrogens with zero attached hydrogens (tertiary/aromatic N) is 2. The largest absolute Gasteiger partial charge is 0.348 e. The second kappa shape index (κ2) is 6.71. The van der Waals surface area contributed by atoms with E-state index in [4.69, 9.17) is 0 Å². The Labute approximate surface area is 158 Å². The first-order valence-corrected chi connectivity index (χ1v) is 11.6. The monoisotopic (exact) mass is 412 g/mol. The molecular formula is C15H16N4O4S3. The van der Waals surface area contributed by atoms with Gasteiger partial charge in [-0.05, 0) is 42.8 Å². The standard InChI is InChI=1S/C15H16N4O4S3/c20-13(10-6-24-19-18-10)17-15-12(9-2-1-3-11(9)25-15)14(21)16-8-4-5-26(22,23)7-8/h6,8H,1-5,7H2,(H,16,21)(H,17,20)/t8-/m1/s1. The highest BCUT2D eigenvalue weighted by atomic mass is 32.2. The van der Waals surface area contributed by atoms with Crippen molar-refractivity contribution < 1.29 is 18.0 Å². The maximum absolute atomic E-state index is 12.8. The van der Waals surface area contributed by atoms with E-state index in [1.807, 2.05) is 0 Å². The van der Waals surface area contributed by atoms with Crippen LogP contribution >= 0.6 is 22.9 Å². The van der Waals surface area contributed by atoms with Gasteiger partial charge in [0.1, 0.15) is 5.00 Å². The fourth-order valence-corrected chi connectivity index (χ4v) is 6.72. The second-order valence-corrected chi connectivity index (χ2v) is 10.3. The Balaban J connectivity index is 1.58. The van der Waals surface area contributed by atoms with E-state index >= 15 is 0 Å². The molecule has 2 aromatic heterocycles. The average Bonchev–Trinajstić information content (AvgIpc) is 3.31. The first kappa shape index (κ1) is 17.6. The Morgan fingerprint density at radius 1 is 1.23 bits per heavy atom. The first-order chi connectivity index (χ1) is 12.4. The highest BCUT2D eigenvalue weighted by Gasteiger charge is 2.32. The molecule has 1 aliphatic heterocycles. The van der Waals surface area contributed by atoms with Crippen LogP contribution in [0, 0.1) is 0 Å². The van der Waals surface area contributed by atoms with Crippen LogP contribution in [0.5, 0.6) is 0 Å². The summed E-state index contributed by atoms with van der Waals surface area (Å²) in [6.07, 6.45) is 3.06. The van der Waals surface area contributed by atoms with E-state index in [-0.39, 0.29) is 29.1 Å². The van der Waals surface area contributed by atoms with Crippen molar-refractivity contribution in [2.24, 2.45) is 0 Å². The number of anilines is 1. The van der Waals surface area contributed by atoms with Gasteiger partial charge in [0.2, 0.25) is 0 Å². The number of carbonyl (C=O) groups is 2. The molecule has 2 amide bonds. The first-order valence-electron chi connectivity index (χ1n) is 8.17.